The third-order valence-corrected chi connectivity index (χ3v) is 3.99. The zero-order valence-corrected chi connectivity index (χ0v) is 11.4. The van der Waals surface area contributed by atoms with Gasteiger partial charge in [0.25, 0.3) is 0 Å². The molecule has 0 bridgehead atoms. The van der Waals surface area contributed by atoms with Gasteiger partial charge in [0.05, 0.1) is 6.10 Å². The lowest BCUT2D eigenvalue weighted by atomic mass is 10.0. The summed E-state index contributed by atoms with van der Waals surface area (Å²) in [6, 6.07) is 0.631. The van der Waals surface area contributed by atoms with Crippen molar-refractivity contribution in [3.8, 4) is 0 Å². The van der Waals surface area contributed by atoms with Crippen LogP contribution in [-0.2, 0) is 0 Å². The fraction of sp³-hybridized carbons (Fsp3) is 1.00. The Morgan fingerprint density at radius 3 is 2.35 bits per heavy atom. The molecule has 3 nitrogen and oxygen atoms in total. The van der Waals surface area contributed by atoms with Gasteiger partial charge in [-0.3, -0.25) is 0 Å². The van der Waals surface area contributed by atoms with Crippen molar-refractivity contribution in [2.24, 2.45) is 11.8 Å². The van der Waals surface area contributed by atoms with Gasteiger partial charge in [-0.15, -0.1) is 0 Å². The molecular weight excluding hydrogens is 212 g/mol. The van der Waals surface area contributed by atoms with Gasteiger partial charge in [0.1, 0.15) is 0 Å². The number of nitrogens with zero attached hydrogens (tertiary/aromatic N) is 1. The molecule has 1 heterocycles. The summed E-state index contributed by atoms with van der Waals surface area (Å²) < 4.78 is 0. The minimum Gasteiger partial charge on any atom is -0.392 e. The topological polar surface area (TPSA) is 35.5 Å². The highest BCUT2D eigenvalue weighted by Crippen LogP contribution is 2.32. The van der Waals surface area contributed by atoms with E-state index in [9.17, 15) is 5.11 Å². The van der Waals surface area contributed by atoms with Gasteiger partial charge in [0.15, 0.2) is 0 Å². The van der Waals surface area contributed by atoms with Gasteiger partial charge in [0.2, 0.25) is 0 Å². The van der Waals surface area contributed by atoms with Crippen LogP contribution in [0.4, 0.5) is 0 Å². The van der Waals surface area contributed by atoms with Crippen molar-refractivity contribution < 1.29 is 5.11 Å². The monoisotopic (exact) mass is 240 g/mol. The molecule has 1 unspecified atom stereocenters. The minimum atomic E-state index is -0.0938. The molecule has 100 valence electrons. The van der Waals surface area contributed by atoms with Gasteiger partial charge >= 0.3 is 0 Å². The predicted octanol–water partition coefficient (Wildman–Crippen LogP) is 1.47. The second-order valence-corrected chi connectivity index (χ2v) is 6.28. The van der Waals surface area contributed by atoms with Gasteiger partial charge in [-0.05, 0) is 50.6 Å². The molecule has 1 aliphatic carbocycles. The van der Waals surface area contributed by atoms with Crippen LogP contribution in [0.1, 0.15) is 39.5 Å². The summed E-state index contributed by atoms with van der Waals surface area (Å²) in [5.74, 6) is 1.37. The number of nitrogens with one attached hydrogen (secondary N) is 1. The predicted molar refractivity (Wildman–Crippen MR) is 71.0 cm³/mol. The van der Waals surface area contributed by atoms with E-state index in [1.54, 1.807) is 0 Å². The summed E-state index contributed by atoms with van der Waals surface area (Å²) >= 11 is 0. The van der Waals surface area contributed by atoms with Crippen molar-refractivity contribution in [2.75, 3.05) is 26.2 Å². The van der Waals surface area contributed by atoms with E-state index in [0.29, 0.717) is 12.0 Å². The highest BCUT2D eigenvalue weighted by atomic mass is 16.3. The third-order valence-electron chi connectivity index (χ3n) is 3.99. The average molecular weight is 240 g/mol. The first-order valence-corrected chi connectivity index (χ1v) is 7.29. The van der Waals surface area contributed by atoms with Crippen LogP contribution >= 0.6 is 0 Å². The number of hydrogen-bond donors (Lipinski definition) is 2. The van der Waals surface area contributed by atoms with E-state index in [1.165, 1.54) is 45.3 Å². The van der Waals surface area contributed by atoms with Crippen LogP contribution in [0.2, 0.25) is 0 Å². The fourth-order valence-electron chi connectivity index (χ4n) is 2.77. The molecule has 0 radical (unpaired) electrons. The molecule has 0 spiro atoms. The van der Waals surface area contributed by atoms with E-state index in [-0.39, 0.29) is 6.10 Å². The van der Waals surface area contributed by atoms with Crippen molar-refractivity contribution in [2.45, 2.75) is 51.7 Å². The Bertz CT molecular complexity index is 220. The van der Waals surface area contributed by atoms with E-state index < -0.39 is 0 Å². The second-order valence-electron chi connectivity index (χ2n) is 6.28. The number of piperidine rings is 1. The highest BCUT2D eigenvalue weighted by molar-refractivity contribution is 4.84. The highest BCUT2D eigenvalue weighted by Gasteiger charge is 2.30. The Morgan fingerprint density at radius 2 is 1.82 bits per heavy atom. The number of aliphatic hydroxyl groups is 1. The normalized spacial score (nSPS) is 25.4. The van der Waals surface area contributed by atoms with Crippen LogP contribution in [0.3, 0.4) is 0 Å². The largest absolute Gasteiger partial charge is 0.392 e. The van der Waals surface area contributed by atoms with Crippen LogP contribution in [0.15, 0.2) is 0 Å². The Labute approximate surface area is 106 Å². The van der Waals surface area contributed by atoms with Crippen LogP contribution in [0, 0.1) is 11.8 Å². The molecule has 0 amide bonds. The van der Waals surface area contributed by atoms with Gasteiger partial charge in [-0.25, -0.2) is 0 Å². The molecule has 2 N–H and O–H groups in total. The summed E-state index contributed by atoms with van der Waals surface area (Å²) in [4.78, 5) is 2.57. The van der Waals surface area contributed by atoms with Crippen molar-refractivity contribution >= 4 is 0 Å². The van der Waals surface area contributed by atoms with Crippen molar-refractivity contribution in [1.82, 2.24) is 10.2 Å². The van der Waals surface area contributed by atoms with Crippen molar-refractivity contribution in [3.63, 3.8) is 0 Å². The summed E-state index contributed by atoms with van der Waals surface area (Å²) in [6.07, 6.45) is 4.85. The summed E-state index contributed by atoms with van der Waals surface area (Å²) in [5, 5.41) is 13.4. The molecular formula is C14H28N2O. The first kappa shape index (κ1) is 13.3. The number of hydrogen-bond acceptors (Lipinski definition) is 3. The molecule has 3 heteroatoms. The fourth-order valence-corrected chi connectivity index (χ4v) is 2.77. The van der Waals surface area contributed by atoms with Crippen LogP contribution in [0.5, 0.6) is 0 Å². The molecule has 0 aromatic carbocycles. The Hall–Kier alpha value is -0.120. The molecule has 2 aliphatic rings. The Balaban J connectivity index is 1.58. The van der Waals surface area contributed by atoms with Crippen molar-refractivity contribution in [3.05, 3.63) is 0 Å². The molecule has 0 aromatic heterocycles. The van der Waals surface area contributed by atoms with Crippen LogP contribution in [-0.4, -0.2) is 48.3 Å². The third kappa shape index (κ3) is 4.57. The molecule has 0 aromatic rings. The smallest absolute Gasteiger partial charge is 0.0692 e. The minimum absolute atomic E-state index is 0.0938. The molecule has 1 saturated heterocycles. The SMILES string of the molecule is CC(C)CN1CCC(NCC(O)C2CC2)CC1. The van der Waals surface area contributed by atoms with Gasteiger partial charge < -0.3 is 15.3 Å². The molecule has 1 aliphatic heterocycles. The Kier molecular flexibility index (Phi) is 4.83. The van der Waals surface area contributed by atoms with E-state index >= 15 is 0 Å². The Morgan fingerprint density at radius 1 is 1.18 bits per heavy atom. The van der Waals surface area contributed by atoms with E-state index in [0.717, 1.165) is 12.5 Å². The lowest BCUT2D eigenvalue weighted by molar-refractivity contribution is 0.130. The standard InChI is InChI=1S/C14H28N2O/c1-11(2)10-16-7-5-13(6-8-16)15-9-14(17)12-3-4-12/h11-15,17H,3-10H2,1-2H3. The van der Waals surface area contributed by atoms with E-state index in [4.69, 9.17) is 0 Å². The number of aliphatic hydroxyl groups excluding tert-OH is 1. The lowest BCUT2D eigenvalue weighted by Gasteiger charge is -2.33. The molecule has 1 saturated carbocycles. The molecule has 17 heavy (non-hydrogen) atoms. The van der Waals surface area contributed by atoms with E-state index in [1.807, 2.05) is 0 Å². The first-order valence-electron chi connectivity index (χ1n) is 7.29. The zero-order chi connectivity index (χ0) is 12.3. The molecule has 2 rings (SSSR count). The van der Waals surface area contributed by atoms with Gasteiger partial charge in [-0.1, -0.05) is 13.8 Å². The second kappa shape index (κ2) is 6.17. The van der Waals surface area contributed by atoms with Crippen molar-refractivity contribution in [1.29, 1.82) is 0 Å². The zero-order valence-electron chi connectivity index (χ0n) is 11.4. The van der Waals surface area contributed by atoms with Crippen LogP contribution < -0.4 is 5.32 Å². The maximum Gasteiger partial charge on any atom is 0.0692 e. The quantitative estimate of drug-likeness (QED) is 0.738. The maximum absolute atomic E-state index is 9.82. The summed E-state index contributed by atoms with van der Waals surface area (Å²) in [7, 11) is 0. The molecule has 2 fully saturated rings. The van der Waals surface area contributed by atoms with E-state index in [2.05, 4.69) is 24.1 Å². The van der Waals surface area contributed by atoms with Gasteiger partial charge in [-0.2, -0.15) is 0 Å². The summed E-state index contributed by atoms with van der Waals surface area (Å²) in [6.45, 7) is 9.05. The van der Waals surface area contributed by atoms with Crippen LogP contribution in [0.25, 0.3) is 0 Å². The maximum atomic E-state index is 9.82. The lowest BCUT2D eigenvalue weighted by Crippen LogP contribution is -2.45. The number of rotatable bonds is 6. The summed E-state index contributed by atoms with van der Waals surface area (Å²) in [5.41, 5.74) is 0. The van der Waals surface area contributed by atoms with Gasteiger partial charge in [0, 0.05) is 19.1 Å². The number of likely N-dealkylation sites (tertiary alicyclic amines) is 1. The average Bonchev–Trinajstić information content (AvgIpc) is 3.11. The first-order chi connectivity index (χ1) is 8.15. The molecule has 1 atom stereocenters.